The van der Waals surface area contributed by atoms with Gasteiger partial charge in [0, 0.05) is 29.9 Å². The molecule has 2 aromatic rings. The Labute approximate surface area is 167 Å². The van der Waals surface area contributed by atoms with Crippen LogP contribution in [0.2, 0.25) is 0 Å². The Hall–Kier alpha value is -3.20. The molecule has 0 bridgehead atoms. The Kier molecular flexibility index (Phi) is 7.49. The topological polar surface area (TPSA) is 136 Å². The highest BCUT2D eigenvalue weighted by atomic mass is 16.6. The van der Waals surface area contributed by atoms with Gasteiger partial charge in [-0.25, -0.2) is 0 Å². The molecule has 0 fully saturated rings. The summed E-state index contributed by atoms with van der Waals surface area (Å²) in [5.74, 6) is 0.172. The van der Waals surface area contributed by atoms with E-state index in [0.717, 1.165) is 29.5 Å². The molecule has 0 saturated carbocycles. The zero-order valence-electron chi connectivity index (χ0n) is 16.4. The predicted octanol–water partition coefficient (Wildman–Crippen LogP) is 3.76. The summed E-state index contributed by atoms with van der Waals surface area (Å²) >= 11 is 0. The Morgan fingerprint density at radius 1 is 1.03 bits per heavy atom. The molecule has 0 radical (unpaired) electrons. The van der Waals surface area contributed by atoms with Gasteiger partial charge in [-0.3, -0.25) is 20.2 Å². The Morgan fingerprint density at radius 3 is 2.28 bits per heavy atom. The van der Waals surface area contributed by atoms with E-state index in [1.165, 1.54) is 6.07 Å². The lowest BCUT2D eigenvalue weighted by molar-refractivity contribution is -0.386. The van der Waals surface area contributed by atoms with E-state index in [-0.39, 0.29) is 28.7 Å². The number of nitro groups is 2. The van der Waals surface area contributed by atoms with Crippen molar-refractivity contribution < 1.29 is 24.8 Å². The minimum atomic E-state index is -0.606. The van der Waals surface area contributed by atoms with Crippen LogP contribution in [0.5, 0.6) is 11.5 Å². The molecule has 0 atom stereocenters. The van der Waals surface area contributed by atoms with E-state index in [1.54, 1.807) is 19.1 Å². The highest BCUT2D eigenvalue weighted by Gasteiger charge is 2.22. The van der Waals surface area contributed by atoms with Crippen LogP contribution in [-0.2, 0) is 12.8 Å². The molecule has 9 heteroatoms. The summed E-state index contributed by atoms with van der Waals surface area (Å²) in [6, 6.07) is 6.54. The minimum Gasteiger partial charge on any atom is -0.502 e. The Balaban J connectivity index is 0.000000207. The van der Waals surface area contributed by atoms with Gasteiger partial charge < -0.3 is 14.9 Å². The lowest BCUT2D eigenvalue weighted by Gasteiger charge is -2.17. The fraction of sp³-hybridized carbons (Fsp3) is 0.400. The average molecular weight is 404 g/mol. The van der Waals surface area contributed by atoms with E-state index >= 15 is 0 Å². The maximum atomic E-state index is 10.8. The molecule has 2 N–H and O–H groups in total. The molecule has 156 valence electrons. The van der Waals surface area contributed by atoms with Crippen LogP contribution in [0.4, 0.5) is 11.4 Å². The molecule has 3 rings (SSSR count). The van der Waals surface area contributed by atoms with Crippen molar-refractivity contribution in [2.24, 2.45) is 0 Å². The van der Waals surface area contributed by atoms with Crippen molar-refractivity contribution in [2.75, 3.05) is 13.2 Å². The first-order valence-electron chi connectivity index (χ1n) is 9.23. The quantitative estimate of drug-likeness (QED) is 0.572. The predicted molar refractivity (Wildman–Crippen MR) is 107 cm³/mol. The number of fused-ring (bicyclic) bond motifs is 1. The summed E-state index contributed by atoms with van der Waals surface area (Å²) in [7, 11) is 0. The highest BCUT2D eigenvalue weighted by Crippen LogP contribution is 2.35. The molecular formula is C20H24N2O7. The zero-order chi connectivity index (χ0) is 21.6. The fourth-order valence-corrected chi connectivity index (χ4v) is 3.19. The van der Waals surface area contributed by atoms with E-state index in [9.17, 15) is 25.3 Å². The number of aliphatic hydroxyl groups excluding tert-OH is 1. The molecule has 9 nitrogen and oxygen atoms in total. The van der Waals surface area contributed by atoms with Crippen molar-refractivity contribution in [2.45, 2.75) is 39.5 Å². The summed E-state index contributed by atoms with van der Waals surface area (Å²) in [5.41, 5.74) is 2.94. The van der Waals surface area contributed by atoms with E-state index in [0.29, 0.717) is 30.8 Å². The second-order valence-corrected chi connectivity index (χ2v) is 6.86. The molecule has 29 heavy (non-hydrogen) atoms. The van der Waals surface area contributed by atoms with Crippen LogP contribution in [0.15, 0.2) is 24.3 Å². The van der Waals surface area contributed by atoms with E-state index < -0.39 is 4.92 Å². The standard InChI is InChI=1S/C10H13NO4.C10H11NO3/c1-7-5-8(3-2-4-12)10(13)9(6-7)11(14)15;1-7-5-8-3-2-4-14-10(8)9(6-7)11(12)13/h5-6,12-13H,2-4H2,1H3;5-6H,2-4H2,1H3. The number of aromatic hydroxyl groups is 1. The summed E-state index contributed by atoms with van der Waals surface area (Å²) in [4.78, 5) is 20.4. The molecule has 1 aliphatic heterocycles. The van der Waals surface area contributed by atoms with Crippen LogP contribution >= 0.6 is 0 Å². The van der Waals surface area contributed by atoms with Crippen LogP contribution in [-0.4, -0.2) is 33.3 Å². The maximum Gasteiger partial charge on any atom is 0.311 e. The molecule has 0 aromatic heterocycles. The normalized spacial score (nSPS) is 12.2. The van der Waals surface area contributed by atoms with Gasteiger partial charge in [-0.2, -0.15) is 0 Å². The number of aryl methyl sites for hydroxylation is 4. The lowest BCUT2D eigenvalue weighted by Crippen LogP contribution is -2.10. The summed E-state index contributed by atoms with van der Waals surface area (Å²) in [6.07, 6.45) is 2.73. The van der Waals surface area contributed by atoms with Crippen LogP contribution in [0.1, 0.15) is 35.1 Å². The summed E-state index contributed by atoms with van der Waals surface area (Å²) in [6.45, 7) is 4.18. The molecule has 2 aromatic carbocycles. The van der Waals surface area contributed by atoms with Gasteiger partial charge in [0.05, 0.1) is 16.5 Å². The van der Waals surface area contributed by atoms with Gasteiger partial charge >= 0.3 is 11.4 Å². The number of aliphatic hydroxyl groups is 1. The smallest absolute Gasteiger partial charge is 0.311 e. The maximum absolute atomic E-state index is 10.8. The van der Waals surface area contributed by atoms with Gasteiger partial charge in [-0.1, -0.05) is 12.1 Å². The third-order valence-electron chi connectivity index (χ3n) is 4.44. The number of nitro benzene ring substituents is 2. The summed E-state index contributed by atoms with van der Waals surface area (Å²) in [5, 5.41) is 39.6. The molecule has 0 aliphatic carbocycles. The van der Waals surface area contributed by atoms with Crippen LogP contribution in [0, 0.1) is 34.1 Å². The molecule has 0 spiro atoms. The minimum absolute atomic E-state index is 0.00117. The van der Waals surface area contributed by atoms with E-state index in [4.69, 9.17) is 9.84 Å². The number of phenolic OH excluding ortho intramolecular Hbond substituents is 1. The Morgan fingerprint density at radius 2 is 1.66 bits per heavy atom. The third-order valence-corrected chi connectivity index (χ3v) is 4.44. The van der Waals surface area contributed by atoms with Crippen LogP contribution < -0.4 is 4.74 Å². The lowest BCUT2D eigenvalue weighted by atomic mass is 10.0. The molecule has 0 unspecified atom stereocenters. The average Bonchev–Trinajstić information content (AvgIpc) is 2.67. The van der Waals surface area contributed by atoms with Crippen molar-refractivity contribution in [1.82, 2.24) is 0 Å². The molecular weight excluding hydrogens is 380 g/mol. The first-order chi connectivity index (χ1) is 13.7. The van der Waals surface area contributed by atoms with Gasteiger partial charge in [0.15, 0.2) is 11.5 Å². The second kappa shape index (κ2) is 9.83. The molecule has 1 heterocycles. The first kappa shape index (κ1) is 22.1. The Bertz CT molecular complexity index is 912. The number of hydrogen-bond donors (Lipinski definition) is 2. The second-order valence-electron chi connectivity index (χ2n) is 6.86. The van der Waals surface area contributed by atoms with Gasteiger partial charge in [-0.05, 0) is 50.7 Å². The van der Waals surface area contributed by atoms with E-state index in [1.807, 2.05) is 13.0 Å². The number of nitrogens with zero attached hydrogens (tertiary/aromatic N) is 2. The van der Waals surface area contributed by atoms with Gasteiger partial charge in [-0.15, -0.1) is 0 Å². The monoisotopic (exact) mass is 404 g/mol. The zero-order valence-corrected chi connectivity index (χ0v) is 16.4. The van der Waals surface area contributed by atoms with Gasteiger partial charge in [0.1, 0.15) is 0 Å². The van der Waals surface area contributed by atoms with E-state index in [2.05, 4.69) is 0 Å². The molecule has 1 aliphatic rings. The first-order valence-corrected chi connectivity index (χ1v) is 9.23. The van der Waals surface area contributed by atoms with Crippen LogP contribution in [0.3, 0.4) is 0 Å². The highest BCUT2D eigenvalue weighted by molar-refractivity contribution is 5.55. The third kappa shape index (κ3) is 5.64. The largest absolute Gasteiger partial charge is 0.502 e. The van der Waals surface area contributed by atoms with Gasteiger partial charge in [0.2, 0.25) is 0 Å². The SMILES string of the molecule is Cc1cc(CCCO)c(O)c([N+](=O)[O-])c1.Cc1cc2c(c([N+](=O)[O-])c1)OCCC2. The molecule has 0 saturated heterocycles. The fourth-order valence-electron chi connectivity index (χ4n) is 3.19. The van der Waals surface area contributed by atoms with Gasteiger partial charge in [0.25, 0.3) is 0 Å². The molecule has 0 amide bonds. The number of benzene rings is 2. The number of hydrogen-bond acceptors (Lipinski definition) is 7. The summed E-state index contributed by atoms with van der Waals surface area (Å²) < 4.78 is 5.33. The van der Waals surface area contributed by atoms with Crippen molar-refractivity contribution in [3.63, 3.8) is 0 Å². The number of ether oxygens (including phenoxy) is 1. The van der Waals surface area contributed by atoms with Crippen molar-refractivity contribution in [3.05, 3.63) is 66.7 Å². The van der Waals surface area contributed by atoms with Crippen LogP contribution in [0.25, 0.3) is 0 Å². The van der Waals surface area contributed by atoms with Crippen molar-refractivity contribution in [3.8, 4) is 11.5 Å². The van der Waals surface area contributed by atoms with Crippen molar-refractivity contribution >= 4 is 11.4 Å². The number of rotatable bonds is 5. The van der Waals surface area contributed by atoms with Crippen molar-refractivity contribution in [1.29, 1.82) is 0 Å². The number of phenols is 1.